The van der Waals surface area contributed by atoms with E-state index in [1.165, 1.54) is 0 Å². The number of anilines is 1. The molecule has 1 aromatic rings. The number of thioether (sulfide) groups is 1. The number of urea groups is 1. The second-order valence-corrected chi connectivity index (χ2v) is 7.16. The summed E-state index contributed by atoms with van der Waals surface area (Å²) in [5.74, 6) is 2.23. The molecular weight excluding hydrogens is 310 g/mol. The zero-order chi connectivity index (χ0) is 16.1. The number of carbonyl (C=O) groups excluding carboxylic acids is 2. The lowest BCUT2D eigenvalue weighted by molar-refractivity contribution is -0.134. The van der Waals surface area contributed by atoms with Gasteiger partial charge in [-0.2, -0.15) is 11.8 Å². The number of para-hydroxylation sites is 1. The van der Waals surface area contributed by atoms with Gasteiger partial charge in [-0.3, -0.25) is 4.79 Å². The Balaban J connectivity index is 1.64. The van der Waals surface area contributed by atoms with E-state index in [2.05, 4.69) is 5.32 Å². The first kappa shape index (κ1) is 16.2. The maximum Gasteiger partial charge on any atom is 0.322 e. The smallest absolute Gasteiger partial charge is 0.322 e. The third kappa shape index (κ3) is 3.99. The molecule has 1 unspecified atom stereocenters. The zero-order valence-electron chi connectivity index (χ0n) is 13.2. The normalized spacial score (nSPS) is 21.8. The average Bonchev–Trinajstić information content (AvgIpc) is 2.90. The van der Waals surface area contributed by atoms with Gasteiger partial charge in [0.15, 0.2) is 0 Å². The van der Waals surface area contributed by atoms with E-state index in [9.17, 15) is 9.59 Å². The van der Waals surface area contributed by atoms with Crippen LogP contribution in [0.1, 0.15) is 19.3 Å². The maximum absolute atomic E-state index is 12.8. The molecule has 6 heteroatoms. The van der Waals surface area contributed by atoms with Crippen LogP contribution in [0.2, 0.25) is 0 Å². The van der Waals surface area contributed by atoms with Crippen LogP contribution in [-0.2, 0) is 4.79 Å². The molecule has 1 aromatic carbocycles. The van der Waals surface area contributed by atoms with E-state index in [1.54, 1.807) is 4.90 Å². The molecule has 1 atom stereocenters. The molecule has 3 rings (SSSR count). The highest BCUT2D eigenvalue weighted by Gasteiger charge is 2.36. The molecule has 3 amide bonds. The van der Waals surface area contributed by atoms with Crippen molar-refractivity contribution in [3.05, 3.63) is 30.3 Å². The quantitative estimate of drug-likeness (QED) is 0.905. The van der Waals surface area contributed by atoms with Crippen molar-refractivity contribution in [2.24, 2.45) is 0 Å². The van der Waals surface area contributed by atoms with Gasteiger partial charge in [0, 0.05) is 31.1 Å². The Bertz CT molecular complexity index is 544. The predicted octanol–water partition coefficient (Wildman–Crippen LogP) is 2.65. The van der Waals surface area contributed by atoms with Gasteiger partial charge in [-0.15, -0.1) is 0 Å². The summed E-state index contributed by atoms with van der Waals surface area (Å²) in [6, 6.07) is 8.93. The molecule has 2 saturated heterocycles. The molecule has 2 fully saturated rings. The van der Waals surface area contributed by atoms with Gasteiger partial charge in [-0.25, -0.2) is 4.79 Å². The summed E-state index contributed by atoms with van der Waals surface area (Å²) in [5.41, 5.74) is 0.766. The Morgan fingerprint density at radius 2 is 1.87 bits per heavy atom. The fraction of sp³-hybridized carbons (Fsp3) is 0.529. The van der Waals surface area contributed by atoms with E-state index in [-0.39, 0.29) is 18.0 Å². The standard InChI is InChI=1S/C17H23N3O2S/c21-16(19-9-5-12-23-13-11-19)15-8-4-10-20(15)17(22)18-14-6-2-1-3-7-14/h1-3,6-7,15H,4-5,8-13H2,(H,18,22). The third-order valence-corrected chi connectivity index (χ3v) is 5.41. The van der Waals surface area contributed by atoms with E-state index in [1.807, 2.05) is 47.0 Å². The van der Waals surface area contributed by atoms with Gasteiger partial charge >= 0.3 is 6.03 Å². The third-order valence-electron chi connectivity index (χ3n) is 4.36. The molecule has 2 aliphatic heterocycles. The molecule has 1 N–H and O–H groups in total. The number of benzene rings is 1. The molecule has 0 saturated carbocycles. The number of hydrogen-bond acceptors (Lipinski definition) is 3. The minimum Gasteiger partial charge on any atom is -0.340 e. The van der Waals surface area contributed by atoms with Gasteiger partial charge < -0.3 is 15.1 Å². The van der Waals surface area contributed by atoms with Crippen molar-refractivity contribution >= 4 is 29.4 Å². The number of carbonyl (C=O) groups is 2. The Kier molecular flexibility index (Phi) is 5.43. The van der Waals surface area contributed by atoms with Gasteiger partial charge in [0.1, 0.15) is 6.04 Å². The van der Waals surface area contributed by atoms with Crippen molar-refractivity contribution in [3.8, 4) is 0 Å². The van der Waals surface area contributed by atoms with Gasteiger partial charge in [0.05, 0.1) is 0 Å². The minimum atomic E-state index is -0.304. The lowest BCUT2D eigenvalue weighted by Crippen LogP contribution is -2.49. The van der Waals surface area contributed by atoms with Crippen LogP contribution >= 0.6 is 11.8 Å². The predicted molar refractivity (Wildman–Crippen MR) is 93.7 cm³/mol. The minimum absolute atomic E-state index is 0.119. The second-order valence-electron chi connectivity index (χ2n) is 5.94. The largest absolute Gasteiger partial charge is 0.340 e. The number of likely N-dealkylation sites (tertiary alicyclic amines) is 1. The molecule has 0 aromatic heterocycles. The zero-order valence-corrected chi connectivity index (χ0v) is 14.1. The molecule has 2 aliphatic rings. The van der Waals surface area contributed by atoms with Crippen LogP contribution < -0.4 is 5.32 Å². The lowest BCUT2D eigenvalue weighted by Gasteiger charge is -2.29. The molecule has 0 aliphatic carbocycles. The molecule has 0 spiro atoms. The molecule has 2 heterocycles. The van der Waals surface area contributed by atoms with Crippen molar-refractivity contribution in [2.45, 2.75) is 25.3 Å². The molecule has 5 nitrogen and oxygen atoms in total. The molecule has 0 bridgehead atoms. The van der Waals surface area contributed by atoms with Gasteiger partial charge in [-0.05, 0) is 37.1 Å². The lowest BCUT2D eigenvalue weighted by atomic mass is 10.2. The van der Waals surface area contributed by atoms with Crippen molar-refractivity contribution in [3.63, 3.8) is 0 Å². The van der Waals surface area contributed by atoms with E-state index in [0.29, 0.717) is 6.54 Å². The van der Waals surface area contributed by atoms with Gasteiger partial charge in [-0.1, -0.05) is 18.2 Å². The summed E-state index contributed by atoms with van der Waals surface area (Å²) < 4.78 is 0. The van der Waals surface area contributed by atoms with Crippen LogP contribution in [0.3, 0.4) is 0 Å². The summed E-state index contributed by atoms with van der Waals surface area (Å²) in [6.07, 6.45) is 2.70. The van der Waals surface area contributed by atoms with Gasteiger partial charge in [0.2, 0.25) is 5.91 Å². The summed E-state index contributed by atoms with van der Waals surface area (Å²) in [7, 11) is 0. The molecule has 0 radical (unpaired) electrons. The highest BCUT2D eigenvalue weighted by Crippen LogP contribution is 2.22. The summed E-state index contributed by atoms with van der Waals surface area (Å²) >= 11 is 1.90. The van der Waals surface area contributed by atoms with Crippen LogP contribution in [0, 0.1) is 0 Å². The van der Waals surface area contributed by atoms with Crippen LogP contribution in [0.15, 0.2) is 30.3 Å². The fourth-order valence-corrected chi connectivity index (χ4v) is 4.05. The Hall–Kier alpha value is -1.69. The van der Waals surface area contributed by atoms with E-state index < -0.39 is 0 Å². The van der Waals surface area contributed by atoms with Crippen LogP contribution in [0.25, 0.3) is 0 Å². The number of rotatable bonds is 2. The van der Waals surface area contributed by atoms with Gasteiger partial charge in [0.25, 0.3) is 0 Å². The van der Waals surface area contributed by atoms with Crippen molar-refractivity contribution in [2.75, 3.05) is 36.5 Å². The summed E-state index contributed by atoms with van der Waals surface area (Å²) in [5, 5.41) is 2.90. The van der Waals surface area contributed by atoms with E-state index in [0.717, 1.165) is 49.5 Å². The Morgan fingerprint density at radius 1 is 1.04 bits per heavy atom. The molecule has 124 valence electrons. The van der Waals surface area contributed by atoms with E-state index >= 15 is 0 Å². The van der Waals surface area contributed by atoms with Crippen LogP contribution in [0.5, 0.6) is 0 Å². The Morgan fingerprint density at radius 3 is 2.70 bits per heavy atom. The van der Waals surface area contributed by atoms with Crippen molar-refractivity contribution in [1.29, 1.82) is 0 Å². The SMILES string of the molecule is O=C(C1CCCN1C(=O)Nc1ccccc1)N1CCCSCC1. The second kappa shape index (κ2) is 7.73. The van der Waals surface area contributed by atoms with E-state index in [4.69, 9.17) is 0 Å². The highest BCUT2D eigenvalue weighted by molar-refractivity contribution is 7.99. The highest BCUT2D eigenvalue weighted by atomic mass is 32.2. The van der Waals surface area contributed by atoms with Crippen LogP contribution in [0.4, 0.5) is 10.5 Å². The first-order chi connectivity index (χ1) is 11.3. The number of amides is 3. The first-order valence-corrected chi connectivity index (χ1v) is 9.40. The summed E-state index contributed by atoms with van der Waals surface area (Å²) in [4.78, 5) is 29.0. The average molecular weight is 333 g/mol. The fourth-order valence-electron chi connectivity index (χ4n) is 3.16. The number of nitrogens with one attached hydrogen (secondary N) is 1. The number of nitrogens with zero attached hydrogens (tertiary/aromatic N) is 2. The molecular formula is C17H23N3O2S. The maximum atomic E-state index is 12.8. The monoisotopic (exact) mass is 333 g/mol. The Labute approximate surface area is 141 Å². The molecule has 23 heavy (non-hydrogen) atoms. The summed E-state index contributed by atoms with van der Waals surface area (Å²) in [6.45, 7) is 2.27. The number of hydrogen-bond donors (Lipinski definition) is 1. The topological polar surface area (TPSA) is 52.7 Å². The van der Waals surface area contributed by atoms with Crippen LogP contribution in [-0.4, -0.2) is 58.9 Å². The first-order valence-electron chi connectivity index (χ1n) is 8.25. The van der Waals surface area contributed by atoms with Crippen molar-refractivity contribution < 1.29 is 9.59 Å². The van der Waals surface area contributed by atoms with Crippen molar-refractivity contribution in [1.82, 2.24) is 9.80 Å².